The molecule has 1 heterocycles. The van der Waals surface area contributed by atoms with E-state index in [1.807, 2.05) is 12.1 Å². The molecule has 3 aromatic carbocycles. The van der Waals surface area contributed by atoms with E-state index in [9.17, 15) is 13.2 Å². The summed E-state index contributed by atoms with van der Waals surface area (Å²) in [5.74, 6) is 0.262. The Morgan fingerprint density at radius 2 is 1.80 bits per heavy atom. The number of sulfonamides is 1. The van der Waals surface area contributed by atoms with Crippen molar-refractivity contribution in [3.8, 4) is 5.75 Å². The number of nitrogens with one attached hydrogen (secondary N) is 1. The fourth-order valence-electron chi connectivity index (χ4n) is 4.37. The van der Waals surface area contributed by atoms with Crippen molar-refractivity contribution in [3.63, 3.8) is 0 Å². The fourth-order valence-corrected chi connectivity index (χ4v) is 5.88. The molecule has 0 saturated carbocycles. The molecule has 1 aliphatic rings. The molecule has 0 unspecified atom stereocenters. The molecule has 4 rings (SSSR count). The zero-order chi connectivity index (χ0) is 24.8. The van der Waals surface area contributed by atoms with E-state index in [-0.39, 0.29) is 17.3 Å². The Morgan fingerprint density at radius 1 is 1.06 bits per heavy atom. The van der Waals surface area contributed by atoms with E-state index in [0.717, 1.165) is 30.2 Å². The van der Waals surface area contributed by atoms with Gasteiger partial charge in [-0.3, -0.25) is 9.10 Å². The normalized spacial score (nSPS) is 12.8. The summed E-state index contributed by atoms with van der Waals surface area (Å²) in [5.41, 5.74) is 3.75. The molecule has 0 atom stereocenters. The Bertz CT molecular complexity index is 1280. The van der Waals surface area contributed by atoms with Gasteiger partial charge in [0.1, 0.15) is 12.3 Å². The molecule has 35 heavy (non-hydrogen) atoms. The minimum Gasteiger partial charge on any atom is -0.496 e. The Morgan fingerprint density at radius 3 is 2.54 bits per heavy atom. The second-order valence-electron chi connectivity index (χ2n) is 8.55. The molecule has 1 amide bonds. The molecule has 0 aromatic heterocycles. The summed E-state index contributed by atoms with van der Waals surface area (Å²) >= 11 is 0. The third-order valence-electron chi connectivity index (χ3n) is 6.20. The average Bonchev–Trinajstić information content (AvgIpc) is 3.28. The number of benzene rings is 3. The van der Waals surface area contributed by atoms with Gasteiger partial charge in [0.2, 0.25) is 5.91 Å². The van der Waals surface area contributed by atoms with Crippen LogP contribution < -0.4 is 19.3 Å². The van der Waals surface area contributed by atoms with E-state index < -0.39 is 10.0 Å². The predicted molar refractivity (Wildman–Crippen MR) is 139 cm³/mol. The van der Waals surface area contributed by atoms with Crippen LogP contribution in [0.5, 0.6) is 5.75 Å². The minimum atomic E-state index is -3.97. The van der Waals surface area contributed by atoms with Gasteiger partial charge in [-0.15, -0.1) is 0 Å². The van der Waals surface area contributed by atoms with E-state index in [1.165, 1.54) is 17.3 Å². The molecule has 0 bridgehead atoms. The van der Waals surface area contributed by atoms with Crippen molar-refractivity contribution in [2.24, 2.45) is 0 Å². The molecule has 184 valence electrons. The number of rotatable bonds is 10. The van der Waals surface area contributed by atoms with E-state index in [1.54, 1.807) is 50.4 Å². The van der Waals surface area contributed by atoms with E-state index in [4.69, 9.17) is 4.74 Å². The number of amides is 1. The Labute approximate surface area is 207 Å². The molecule has 0 radical (unpaired) electrons. The van der Waals surface area contributed by atoms with Crippen LogP contribution in [0.1, 0.15) is 17.5 Å². The van der Waals surface area contributed by atoms with E-state index in [2.05, 4.69) is 28.4 Å². The summed E-state index contributed by atoms with van der Waals surface area (Å²) in [7, 11) is -2.42. The van der Waals surface area contributed by atoms with E-state index >= 15 is 0 Å². The molecule has 0 fully saturated rings. The zero-order valence-corrected chi connectivity index (χ0v) is 20.9. The number of methoxy groups -OCH3 is 1. The van der Waals surface area contributed by atoms with Crippen LogP contribution in [-0.2, 0) is 21.2 Å². The summed E-state index contributed by atoms with van der Waals surface area (Å²) in [6, 6.07) is 21.8. The lowest BCUT2D eigenvalue weighted by Crippen LogP contribution is -2.41. The lowest BCUT2D eigenvalue weighted by atomic mass is 10.2. The third-order valence-corrected chi connectivity index (χ3v) is 7.97. The van der Waals surface area contributed by atoms with Crippen LogP contribution in [0.15, 0.2) is 77.7 Å². The number of carbonyl (C=O) groups is 1. The standard InChI is InChI=1S/C27H31N3O4S/c1-21-19-24(13-14-26(21)34-2)35(32,33)30(23-10-4-3-5-11-23)20-27(31)28-16-8-17-29-18-15-22-9-6-7-12-25(22)29/h3-7,9-14,19H,8,15-18,20H2,1-2H3,(H,28,31). The first-order valence-electron chi connectivity index (χ1n) is 11.7. The molecule has 1 N–H and O–H groups in total. The lowest BCUT2D eigenvalue weighted by molar-refractivity contribution is -0.119. The Hall–Kier alpha value is -3.52. The van der Waals surface area contributed by atoms with Crippen LogP contribution in [0.4, 0.5) is 11.4 Å². The van der Waals surface area contributed by atoms with Crippen molar-refractivity contribution in [2.75, 3.05) is 42.5 Å². The van der Waals surface area contributed by atoms with Crippen molar-refractivity contribution in [3.05, 3.63) is 83.9 Å². The van der Waals surface area contributed by atoms with Crippen LogP contribution in [0.2, 0.25) is 0 Å². The number of hydrogen-bond acceptors (Lipinski definition) is 5. The summed E-state index contributed by atoms with van der Waals surface area (Å²) in [6.45, 7) is 3.78. The van der Waals surface area contributed by atoms with Gasteiger partial charge in [0.15, 0.2) is 0 Å². The number of nitrogens with zero attached hydrogens (tertiary/aromatic N) is 2. The monoisotopic (exact) mass is 493 g/mol. The number of aryl methyl sites for hydroxylation is 1. The number of anilines is 2. The number of ether oxygens (including phenoxy) is 1. The third kappa shape index (κ3) is 5.59. The van der Waals surface area contributed by atoms with Crippen molar-refractivity contribution in [1.29, 1.82) is 0 Å². The van der Waals surface area contributed by atoms with Gasteiger partial charge < -0.3 is 15.0 Å². The Kier molecular flexibility index (Phi) is 7.60. The smallest absolute Gasteiger partial charge is 0.264 e. The van der Waals surface area contributed by atoms with Gasteiger partial charge in [-0.05, 0) is 67.3 Å². The number of fused-ring (bicyclic) bond motifs is 1. The number of para-hydroxylation sites is 2. The summed E-state index contributed by atoms with van der Waals surface area (Å²) < 4.78 is 33.5. The maximum Gasteiger partial charge on any atom is 0.264 e. The predicted octanol–water partition coefficient (Wildman–Crippen LogP) is 3.77. The van der Waals surface area contributed by atoms with E-state index in [0.29, 0.717) is 23.5 Å². The molecule has 8 heteroatoms. The molecule has 1 aliphatic heterocycles. The maximum atomic E-state index is 13.5. The molecule has 7 nitrogen and oxygen atoms in total. The van der Waals surface area contributed by atoms with Gasteiger partial charge in [-0.1, -0.05) is 36.4 Å². The molecule has 0 aliphatic carbocycles. The van der Waals surface area contributed by atoms with Crippen LogP contribution in [-0.4, -0.2) is 47.6 Å². The molecule has 0 spiro atoms. The fraction of sp³-hybridized carbons (Fsp3) is 0.296. The van der Waals surface area contributed by atoms with Crippen molar-refractivity contribution in [2.45, 2.75) is 24.7 Å². The number of carbonyl (C=O) groups excluding carboxylic acids is 1. The van der Waals surface area contributed by atoms with Gasteiger partial charge in [-0.25, -0.2) is 8.42 Å². The zero-order valence-electron chi connectivity index (χ0n) is 20.1. The first-order valence-corrected chi connectivity index (χ1v) is 13.2. The van der Waals surface area contributed by atoms with Crippen LogP contribution >= 0.6 is 0 Å². The highest BCUT2D eigenvalue weighted by molar-refractivity contribution is 7.92. The van der Waals surface area contributed by atoms with Crippen molar-refractivity contribution >= 4 is 27.3 Å². The second kappa shape index (κ2) is 10.8. The first kappa shape index (κ1) is 24.6. The van der Waals surface area contributed by atoms with Gasteiger partial charge in [-0.2, -0.15) is 0 Å². The van der Waals surface area contributed by atoms with Gasteiger partial charge in [0.05, 0.1) is 17.7 Å². The summed E-state index contributed by atoms with van der Waals surface area (Å²) in [5, 5.41) is 2.89. The highest BCUT2D eigenvalue weighted by Crippen LogP contribution is 2.28. The van der Waals surface area contributed by atoms with Crippen LogP contribution in [0, 0.1) is 6.92 Å². The molecule has 0 saturated heterocycles. The first-order chi connectivity index (χ1) is 16.9. The molecule has 3 aromatic rings. The molecular weight excluding hydrogens is 462 g/mol. The highest BCUT2D eigenvalue weighted by Gasteiger charge is 2.27. The van der Waals surface area contributed by atoms with Gasteiger partial charge >= 0.3 is 0 Å². The van der Waals surface area contributed by atoms with Gasteiger partial charge in [0, 0.05) is 25.3 Å². The SMILES string of the molecule is COc1ccc(S(=O)(=O)N(CC(=O)NCCCN2CCc3ccccc32)c2ccccc2)cc1C. The highest BCUT2D eigenvalue weighted by atomic mass is 32.2. The van der Waals surface area contributed by atoms with Crippen molar-refractivity contribution in [1.82, 2.24) is 5.32 Å². The maximum absolute atomic E-state index is 13.5. The van der Waals surface area contributed by atoms with Gasteiger partial charge in [0.25, 0.3) is 10.0 Å². The summed E-state index contributed by atoms with van der Waals surface area (Å²) in [6.07, 6.45) is 1.81. The second-order valence-corrected chi connectivity index (χ2v) is 10.4. The number of hydrogen-bond donors (Lipinski definition) is 1. The van der Waals surface area contributed by atoms with Crippen LogP contribution in [0.25, 0.3) is 0 Å². The molecular formula is C27H31N3O4S. The van der Waals surface area contributed by atoms with Crippen LogP contribution in [0.3, 0.4) is 0 Å². The summed E-state index contributed by atoms with van der Waals surface area (Å²) in [4.78, 5) is 15.3. The quantitative estimate of drug-likeness (QED) is 0.435. The average molecular weight is 494 g/mol. The largest absolute Gasteiger partial charge is 0.496 e. The van der Waals surface area contributed by atoms with Crippen molar-refractivity contribution < 1.29 is 17.9 Å². The Balaban J connectivity index is 1.41. The minimum absolute atomic E-state index is 0.111. The topological polar surface area (TPSA) is 79.0 Å². The lowest BCUT2D eigenvalue weighted by Gasteiger charge is -2.24.